The molecule has 3 rings (SSSR count). The Hall–Kier alpha value is -2.02. The number of halogens is 2. The number of hydrogen-bond donors (Lipinski definition) is 2. The lowest BCUT2D eigenvalue weighted by atomic mass is 10.2. The van der Waals surface area contributed by atoms with E-state index in [0.717, 1.165) is 16.9 Å². The summed E-state index contributed by atoms with van der Waals surface area (Å²) in [6, 6.07) is 13.1. The van der Waals surface area contributed by atoms with E-state index in [1.165, 1.54) is 0 Å². The van der Waals surface area contributed by atoms with Gasteiger partial charge in [-0.3, -0.25) is 5.10 Å². The van der Waals surface area contributed by atoms with Crippen LogP contribution < -0.4 is 10.2 Å². The van der Waals surface area contributed by atoms with Crippen LogP contribution in [0.2, 0.25) is 10.0 Å². The molecule has 0 atom stereocenters. The number of nitrogens with one attached hydrogen (secondary N) is 2. The second-order valence-electron chi connectivity index (χ2n) is 5.04. The van der Waals surface area contributed by atoms with E-state index in [1.54, 1.807) is 23.1 Å². The number of rotatable bonds is 6. The molecule has 2 N–H and O–H groups in total. The van der Waals surface area contributed by atoms with Crippen LogP contribution in [0.5, 0.6) is 5.75 Å². The monoisotopic (exact) mass is 380 g/mol. The molecule has 1 aromatic heterocycles. The molecule has 3 aromatic rings. The molecule has 5 nitrogen and oxygen atoms in total. The van der Waals surface area contributed by atoms with Crippen molar-refractivity contribution in [2.75, 3.05) is 5.43 Å². The minimum Gasteiger partial charge on any atom is -0.489 e. The molecule has 1 heterocycles. The molecular formula is C16H14Cl2N4OS. The van der Waals surface area contributed by atoms with Gasteiger partial charge in [0, 0.05) is 15.6 Å². The van der Waals surface area contributed by atoms with Crippen LogP contribution in [0.15, 0.2) is 48.8 Å². The lowest BCUT2D eigenvalue weighted by Gasteiger charge is -2.10. The summed E-state index contributed by atoms with van der Waals surface area (Å²) in [5, 5.41) is 7.73. The Kier molecular flexibility index (Phi) is 5.40. The smallest absolute Gasteiger partial charge is 0.214 e. The van der Waals surface area contributed by atoms with E-state index in [2.05, 4.69) is 15.6 Å². The molecule has 24 heavy (non-hydrogen) atoms. The van der Waals surface area contributed by atoms with Crippen molar-refractivity contribution in [3.63, 3.8) is 0 Å². The van der Waals surface area contributed by atoms with Crippen molar-refractivity contribution in [2.45, 2.75) is 13.2 Å². The predicted molar refractivity (Wildman–Crippen MR) is 97.7 cm³/mol. The highest BCUT2D eigenvalue weighted by molar-refractivity contribution is 7.71. The molecule has 0 amide bonds. The SMILES string of the molecule is S=c1[nH]ncn1NCc1cccc(OCc2ccc(Cl)cc2Cl)c1. The van der Waals surface area contributed by atoms with Crippen molar-refractivity contribution < 1.29 is 4.74 Å². The highest BCUT2D eigenvalue weighted by Crippen LogP contribution is 2.23. The van der Waals surface area contributed by atoms with Gasteiger partial charge in [-0.25, -0.2) is 4.68 Å². The first-order chi connectivity index (χ1) is 11.6. The molecule has 8 heteroatoms. The Morgan fingerprint density at radius 3 is 2.83 bits per heavy atom. The van der Waals surface area contributed by atoms with E-state index in [9.17, 15) is 0 Å². The molecule has 0 radical (unpaired) electrons. The number of nitrogens with zero attached hydrogens (tertiary/aromatic N) is 2. The van der Waals surface area contributed by atoms with Crippen LogP contribution in [-0.2, 0) is 13.2 Å². The predicted octanol–water partition coefficient (Wildman–Crippen LogP) is 4.57. The Morgan fingerprint density at radius 1 is 1.21 bits per heavy atom. The maximum Gasteiger partial charge on any atom is 0.214 e. The van der Waals surface area contributed by atoms with E-state index in [-0.39, 0.29) is 0 Å². The van der Waals surface area contributed by atoms with Gasteiger partial charge in [-0.05, 0) is 42.0 Å². The number of aromatic nitrogens is 3. The summed E-state index contributed by atoms with van der Waals surface area (Å²) in [5.41, 5.74) is 5.09. The number of H-pyrrole nitrogens is 1. The zero-order valence-corrected chi connectivity index (χ0v) is 14.8. The van der Waals surface area contributed by atoms with E-state index in [0.29, 0.717) is 28.0 Å². The first-order valence-corrected chi connectivity index (χ1v) is 8.30. The maximum atomic E-state index is 6.15. The van der Waals surface area contributed by atoms with Crippen LogP contribution in [0.4, 0.5) is 0 Å². The fraction of sp³-hybridized carbons (Fsp3) is 0.125. The van der Waals surface area contributed by atoms with Crippen molar-refractivity contribution in [1.29, 1.82) is 0 Å². The first kappa shape index (κ1) is 16.8. The average molecular weight is 381 g/mol. The van der Waals surface area contributed by atoms with Crippen molar-refractivity contribution >= 4 is 35.4 Å². The zero-order chi connectivity index (χ0) is 16.9. The van der Waals surface area contributed by atoms with Gasteiger partial charge in [0.15, 0.2) is 0 Å². The summed E-state index contributed by atoms with van der Waals surface area (Å²) in [7, 11) is 0. The minimum absolute atomic E-state index is 0.375. The van der Waals surface area contributed by atoms with Crippen molar-refractivity contribution in [2.24, 2.45) is 0 Å². The molecule has 0 aliphatic rings. The lowest BCUT2D eigenvalue weighted by Crippen LogP contribution is -2.13. The summed E-state index contributed by atoms with van der Waals surface area (Å²) in [5.74, 6) is 0.760. The molecule has 0 aliphatic heterocycles. The van der Waals surface area contributed by atoms with Gasteiger partial charge in [-0.15, -0.1) is 0 Å². The number of ether oxygens (including phenoxy) is 1. The molecular weight excluding hydrogens is 367 g/mol. The molecule has 0 aliphatic carbocycles. The third kappa shape index (κ3) is 4.29. The van der Waals surface area contributed by atoms with Gasteiger partial charge in [0.1, 0.15) is 18.7 Å². The van der Waals surface area contributed by atoms with Gasteiger partial charge in [0.05, 0.1) is 6.54 Å². The Bertz CT molecular complexity index is 894. The van der Waals surface area contributed by atoms with E-state index >= 15 is 0 Å². The Labute approximate surface area is 154 Å². The van der Waals surface area contributed by atoms with E-state index < -0.39 is 0 Å². The number of benzene rings is 2. The van der Waals surface area contributed by atoms with Crippen LogP contribution in [-0.4, -0.2) is 14.9 Å². The second kappa shape index (κ2) is 7.70. The van der Waals surface area contributed by atoms with Gasteiger partial charge < -0.3 is 10.2 Å². The van der Waals surface area contributed by atoms with E-state index in [4.69, 9.17) is 40.2 Å². The Balaban J connectivity index is 1.62. The normalized spacial score (nSPS) is 10.6. The Morgan fingerprint density at radius 2 is 2.08 bits per heavy atom. The quantitative estimate of drug-likeness (QED) is 0.615. The van der Waals surface area contributed by atoms with Crippen molar-refractivity contribution in [3.8, 4) is 5.75 Å². The van der Waals surface area contributed by atoms with Crippen LogP contribution in [0, 0.1) is 4.77 Å². The highest BCUT2D eigenvalue weighted by Gasteiger charge is 2.03. The van der Waals surface area contributed by atoms with E-state index in [1.807, 2.05) is 30.3 Å². The van der Waals surface area contributed by atoms with Gasteiger partial charge in [0.25, 0.3) is 0 Å². The summed E-state index contributed by atoms with van der Waals surface area (Å²) in [6.07, 6.45) is 1.59. The van der Waals surface area contributed by atoms with Crippen molar-refractivity contribution in [3.05, 3.63) is 74.7 Å². The summed E-state index contributed by atoms with van der Waals surface area (Å²) in [4.78, 5) is 0. The maximum absolute atomic E-state index is 6.15. The molecule has 124 valence electrons. The molecule has 0 saturated carbocycles. The largest absolute Gasteiger partial charge is 0.489 e. The summed E-state index contributed by atoms with van der Waals surface area (Å²) in [6.45, 7) is 0.965. The first-order valence-electron chi connectivity index (χ1n) is 7.13. The molecule has 0 fully saturated rings. The van der Waals surface area contributed by atoms with Crippen LogP contribution in [0.1, 0.15) is 11.1 Å². The lowest BCUT2D eigenvalue weighted by molar-refractivity contribution is 0.306. The third-order valence-corrected chi connectivity index (χ3v) is 4.19. The summed E-state index contributed by atoms with van der Waals surface area (Å²) < 4.78 is 7.98. The van der Waals surface area contributed by atoms with Crippen LogP contribution >= 0.6 is 35.4 Å². The number of hydrogen-bond acceptors (Lipinski definition) is 4. The third-order valence-electron chi connectivity index (χ3n) is 3.31. The van der Waals surface area contributed by atoms with Gasteiger partial charge in [-0.2, -0.15) is 5.10 Å². The highest BCUT2D eigenvalue weighted by atomic mass is 35.5. The number of aromatic amines is 1. The zero-order valence-electron chi connectivity index (χ0n) is 12.5. The minimum atomic E-state index is 0.375. The molecule has 0 bridgehead atoms. The summed E-state index contributed by atoms with van der Waals surface area (Å²) >= 11 is 17.1. The average Bonchev–Trinajstić information content (AvgIpc) is 2.98. The second-order valence-corrected chi connectivity index (χ2v) is 6.27. The fourth-order valence-corrected chi connectivity index (χ4v) is 2.71. The van der Waals surface area contributed by atoms with Gasteiger partial charge >= 0.3 is 0 Å². The topological polar surface area (TPSA) is 54.9 Å². The van der Waals surface area contributed by atoms with Gasteiger partial charge in [0.2, 0.25) is 4.77 Å². The molecule has 0 saturated heterocycles. The standard InChI is InChI=1S/C16H14Cl2N4OS/c17-13-5-4-12(15(18)7-13)9-23-14-3-1-2-11(6-14)8-20-22-10-19-21-16(22)24/h1-7,10,20H,8-9H2,(H,21,24). The molecule has 2 aromatic carbocycles. The fourth-order valence-electron chi connectivity index (χ4n) is 2.08. The molecule has 0 spiro atoms. The van der Waals surface area contributed by atoms with Crippen LogP contribution in [0.3, 0.4) is 0 Å². The molecule has 0 unspecified atom stereocenters. The van der Waals surface area contributed by atoms with Crippen LogP contribution in [0.25, 0.3) is 0 Å². The van der Waals surface area contributed by atoms with Crippen molar-refractivity contribution in [1.82, 2.24) is 14.9 Å². The van der Waals surface area contributed by atoms with Gasteiger partial charge in [-0.1, -0.05) is 41.4 Å².